The third-order valence-corrected chi connectivity index (χ3v) is 9.34. The van der Waals surface area contributed by atoms with E-state index in [1.54, 1.807) is 18.2 Å². The lowest BCUT2D eigenvalue weighted by Crippen LogP contribution is -2.53. The molecule has 4 rings (SSSR count). The van der Waals surface area contributed by atoms with Gasteiger partial charge in [0, 0.05) is 29.6 Å². The quantitative estimate of drug-likeness (QED) is 0.148. The smallest absolute Gasteiger partial charge is 0.264 e. The predicted molar refractivity (Wildman–Crippen MR) is 176 cm³/mol. The summed E-state index contributed by atoms with van der Waals surface area (Å²) in [4.78, 5) is 29.5. The zero-order chi connectivity index (χ0) is 32.4. The van der Waals surface area contributed by atoms with Crippen molar-refractivity contribution >= 4 is 50.7 Å². The van der Waals surface area contributed by atoms with Crippen molar-refractivity contribution in [1.82, 2.24) is 10.2 Å². The van der Waals surface area contributed by atoms with Crippen LogP contribution in [-0.2, 0) is 32.6 Å². The second-order valence-electron chi connectivity index (χ2n) is 10.5. The zero-order valence-electron chi connectivity index (χ0n) is 24.7. The standard InChI is InChI=1S/C34H34Cl2FN3O4S/c1-2-3-18-38-34(42)32(19-25-10-6-4-7-11-25)39(23-26-14-16-29(37)17-15-26)33(41)24-40(30-21-27(35)20-28(36)22-30)45(43,44)31-12-8-5-9-13-31/h4-17,20-22,32H,2-3,18-19,23-24H2,1H3,(H,38,42). The van der Waals surface area contributed by atoms with Gasteiger partial charge in [-0.3, -0.25) is 13.9 Å². The van der Waals surface area contributed by atoms with Gasteiger partial charge in [-0.25, -0.2) is 12.8 Å². The van der Waals surface area contributed by atoms with Crippen molar-refractivity contribution in [3.63, 3.8) is 0 Å². The van der Waals surface area contributed by atoms with E-state index in [1.165, 1.54) is 59.5 Å². The largest absolute Gasteiger partial charge is 0.354 e. The average Bonchev–Trinajstić information content (AvgIpc) is 3.02. The number of anilines is 1. The van der Waals surface area contributed by atoms with Gasteiger partial charge < -0.3 is 10.2 Å². The van der Waals surface area contributed by atoms with Crippen molar-refractivity contribution in [2.45, 2.75) is 43.7 Å². The number of sulfonamides is 1. The molecule has 1 unspecified atom stereocenters. The summed E-state index contributed by atoms with van der Waals surface area (Å²) in [6.07, 6.45) is 1.77. The maximum atomic E-state index is 14.4. The molecule has 1 atom stereocenters. The van der Waals surface area contributed by atoms with Crippen LogP contribution in [0.2, 0.25) is 10.0 Å². The van der Waals surface area contributed by atoms with E-state index < -0.39 is 34.3 Å². The Balaban J connectivity index is 1.80. The van der Waals surface area contributed by atoms with Crippen LogP contribution in [0.4, 0.5) is 10.1 Å². The molecule has 0 radical (unpaired) electrons. The van der Waals surface area contributed by atoms with Crippen molar-refractivity contribution in [3.05, 3.63) is 130 Å². The van der Waals surface area contributed by atoms with Crippen molar-refractivity contribution in [1.29, 1.82) is 0 Å². The highest BCUT2D eigenvalue weighted by atomic mass is 35.5. The molecule has 0 spiro atoms. The van der Waals surface area contributed by atoms with Gasteiger partial charge in [0.25, 0.3) is 10.0 Å². The molecule has 4 aromatic rings. The monoisotopic (exact) mass is 669 g/mol. The molecule has 0 aromatic heterocycles. The van der Waals surface area contributed by atoms with Gasteiger partial charge in [-0.1, -0.05) is 97.2 Å². The van der Waals surface area contributed by atoms with Gasteiger partial charge in [0.05, 0.1) is 10.6 Å². The summed E-state index contributed by atoms with van der Waals surface area (Å²) in [7, 11) is -4.30. The molecule has 0 saturated heterocycles. The molecular formula is C34H34Cl2FN3O4S. The molecule has 45 heavy (non-hydrogen) atoms. The molecule has 0 aliphatic heterocycles. The van der Waals surface area contributed by atoms with Crippen molar-refractivity contribution in [2.75, 3.05) is 17.4 Å². The molecule has 4 aromatic carbocycles. The fourth-order valence-electron chi connectivity index (χ4n) is 4.78. The number of carbonyl (C=O) groups excluding carboxylic acids is 2. The minimum absolute atomic E-state index is 0.0443. The Kier molecular flexibility index (Phi) is 12.0. The minimum Gasteiger partial charge on any atom is -0.354 e. The molecular weight excluding hydrogens is 636 g/mol. The molecule has 0 fully saturated rings. The summed E-state index contributed by atoms with van der Waals surface area (Å²) in [6.45, 7) is 1.67. The zero-order valence-corrected chi connectivity index (χ0v) is 27.0. The van der Waals surface area contributed by atoms with Crippen LogP contribution in [0.1, 0.15) is 30.9 Å². The Bertz CT molecular complexity index is 1670. The first-order valence-corrected chi connectivity index (χ1v) is 16.7. The molecule has 236 valence electrons. The lowest BCUT2D eigenvalue weighted by molar-refractivity contribution is -0.140. The number of carbonyl (C=O) groups is 2. The molecule has 0 saturated carbocycles. The fraction of sp³-hybridized carbons (Fsp3) is 0.235. The SMILES string of the molecule is CCCCNC(=O)C(Cc1ccccc1)N(Cc1ccc(F)cc1)C(=O)CN(c1cc(Cl)cc(Cl)c1)S(=O)(=O)c1ccccc1. The highest BCUT2D eigenvalue weighted by Gasteiger charge is 2.34. The topological polar surface area (TPSA) is 86.8 Å². The number of nitrogens with one attached hydrogen (secondary N) is 1. The number of hydrogen-bond donors (Lipinski definition) is 1. The van der Waals surface area contributed by atoms with E-state index in [9.17, 15) is 22.4 Å². The average molecular weight is 671 g/mol. The van der Waals surface area contributed by atoms with Crippen LogP contribution in [0.25, 0.3) is 0 Å². The van der Waals surface area contributed by atoms with Gasteiger partial charge in [0.2, 0.25) is 11.8 Å². The molecule has 0 heterocycles. The van der Waals surface area contributed by atoms with E-state index in [1.807, 2.05) is 37.3 Å². The van der Waals surface area contributed by atoms with Crippen LogP contribution in [0, 0.1) is 5.82 Å². The molecule has 1 N–H and O–H groups in total. The van der Waals surface area contributed by atoms with Crippen LogP contribution in [0.15, 0.2) is 108 Å². The third kappa shape index (κ3) is 9.29. The molecule has 2 amide bonds. The van der Waals surface area contributed by atoms with Gasteiger partial charge in [-0.15, -0.1) is 0 Å². The second kappa shape index (κ2) is 15.9. The van der Waals surface area contributed by atoms with E-state index >= 15 is 0 Å². The van der Waals surface area contributed by atoms with Crippen molar-refractivity contribution < 1.29 is 22.4 Å². The second-order valence-corrected chi connectivity index (χ2v) is 13.2. The van der Waals surface area contributed by atoms with E-state index in [4.69, 9.17) is 23.2 Å². The number of halogens is 3. The Hall–Kier alpha value is -3.92. The maximum absolute atomic E-state index is 14.4. The fourth-order valence-corrected chi connectivity index (χ4v) is 6.71. The van der Waals surface area contributed by atoms with E-state index in [-0.39, 0.29) is 39.5 Å². The molecule has 11 heteroatoms. The molecule has 0 aliphatic rings. The van der Waals surface area contributed by atoms with E-state index in [0.717, 1.165) is 22.7 Å². The van der Waals surface area contributed by atoms with Crippen molar-refractivity contribution in [2.24, 2.45) is 0 Å². The van der Waals surface area contributed by atoms with Crippen LogP contribution in [-0.4, -0.2) is 44.3 Å². The third-order valence-electron chi connectivity index (χ3n) is 7.11. The Morgan fingerprint density at radius 2 is 1.44 bits per heavy atom. The number of nitrogens with zero attached hydrogens (tertiary/aromatic N) is 2. The predicted octanol–water partition coefficient (Wildman–Crippen LogP) is 6.88. The van der Waals surface area contributed by atoms with Crippen LogP contribution >= 0.6 is 23.2 Å². The summed E-state index contributed by atoms with van der Waals surface area (Å²) in [6, 6.07) is 25.8. The number of hydrogen-bond acceptors (Lipinski definition) is 4. The first kappa shape index (κ1) is 34.0. The summed E-state index contributed by atoms with van der Waals surface area (Å²) in [5.74, 6) is -1.49. The number of rotatable bonds is 14. The lowest BCUT2D eigenvalue weighted by atomic mass is 10.0. The van der Waals surface area contributed by atoms with Gasteiger partial charge >= 0.3 is 0 Å². The summed E-state index contributed by atoms with van der Waals surface area (Å²) < 4.78 is 42.8. The van der Waals surface area contributed by atoms with Crippen molar-refractivity contribution in [3.8, 4) is 0 Å². The minimum atomic E-state index is -4.30. The Morgan fingerprint density at radius 3 is 2.04 bits per heavy atom. The maximum Gasteiger partial charge on any atom is 0.264 e. The molecule has 0 bridgehead atoms. The normalized spacial score (nSPS) is 11.9. The first-order chi connectivity index (χ1) is 21.6. The summed E-state index contributed by atoms with van der Waals surface area (Å²) in [5.41, 5.74) is 1.45. The van der Waals surface area contributed by atoms with Crippen LogP contribution in [0.3, 0.4) is 0 Å². The number of benzene rings is 4. The van der Waals surface area contributed by atoms with E-state index in [0.29, 0.717) is 12.1 Å². The molecule has 7 nitrogen and oxygen atoms in total. The lowest BCUT2D eigenvalue weighted by Gasteiger charge is -2.34. The van der Waals surface area contributed by atoms with Crippen LogP contribution < -0.4 is 9.62 Å². The van der Waals surface area contributed by atoms with E-state index in [2.05, 4.69) is 5.32 Å². The number of unbranched alkanes of at least 4 members (excludes halogenated alkanes) is 1. The summed E-state index contributed by atoms with van der Waals surface area (Å²) in [5, 5.41) is 3.29. The number of amides is 2. The summed E-state index contributed by atoms with van der Waals surface area (Å²) >= 11 is 12.5. The molecule has 0 aliphatic carbocycles. The van der Waals surface area contributed by atoms with Gasteiger partial charge in [0.15, 0.2) is 0 Å². The highest BCUT2D eigenvalue weighted by molar-refractivity contribution is 7.92. The highest BCUT2D eigenvalue weighted by Crippen LogP contribution is 2.30. The van der Waals surface area contributed by atoms with Crippen LogP contribution in [0.5, 0.6) is 0 Å². The Labute approximate surface area is 273 Å². The Morgan fingerprint density at radius 1 is 0.844 bits per heavy atom. The first-order valence-electron chi connectivity index (χ1n) is 14.5. The van der Waals surface area contributed by atoms with Gasteiger partial charge in [-0.2, -0.15) is 0 Å². The van der Waals surface area contributed by atoms with Gasteiger partial charge in [0.1, 0.15) is 18.4 Å². The van der Waals surface area contributed by atoms with Gasteiger partial charge in [-0.05, 0) is 60.0 Å².